The van der Waals surface area contributed by atoms with E-state index < -0.39 is 5.82 Å². The zero-order valence-electron chi connectivity index (χ0n) is 10.5. The first-order chi connectivity index (χ1) is 9.27. The normalized spacial score (nSPS) is 10.6. The Kier molecular flexibility index (Phi) is 5.24. The summed E-state index contributed by atoms with van der Waals surface area (Å²) in [7, 11) is 0. The van der Waals surface area contributed by atoms with Crippen LogP contribution in [0.15, 0.2) is 53.4 Å². The lowest BCUT2D eigenvalue weighted by atomic mass is 10.2. The molecule has 0 amide bonds. The molecule has 19 heavy (non-hydrogen) atoms. The van der Waals surface area contributed by atoms with E-state index in [1.54, 1.807) is 23.9 Å². The number of hydrogen-bond acceptors (Lipinski definition) is 3. The molecular formula is C15H16FNOS. The van der Waals surface area contributed by atoms with Crippen molar-refractivity contribution in [2.45, 2.75) is 11.4 Å². The molecule has 2 aromatic rings. The third-order valence-corrected chi connectivity index (χ3v) is 3.69. The van der Waals surface area contributed by atoms with Crippen molar-refractivity contribution in [2.24, 2.45) is 0 Å². The van der Waals surface area contributed by atoms with Crippen molar-refractivity contribution in [2.75, 3.05) is 12.3 Å². The molecule has 0 aliphatic carbocycles. The van der Waals surface area contributed by atoms with Gasteiger partial charge in [0.05, 0.1) is 0 Å². The first kappa shape index (κ1) is 13.9. The molecule has 4 heteroatoms. The third-order valence-electron chi connectivity index (χ3n) is 2.68. The van der Waals surface area contributed by atoms with Gasteiger partial charge in [0.15, 0.2) is 11.6 Å². The van der Waals surface area contributed by atoms with Gasteiger partial charge in [-0.05, 0) is 18.2 Å². The minimum atomic E-state index is -0.571. The molecule has 0 spiro atoms. The fourth-order valence-corrected chi connectivity index (χ4v) is 2.52. The van der Waals surface area contributed by atoms with Gasteiger partial charge in [-0.2, -0.15) is 0 Å². The summed E-state index contributed by atoms with van der Waals surface area (Å²) in [5.74, 6) is 0.101. The topological polar surface area (TPSA) is 32.3 Å². The van der Waals surface area contributed by atoms with E-state index >= 15 is 0 Å². The molecular weight excluding hydrogens is 261 g/mol. The van der Waals surface area contributed by atoms with Crippen LogP contribution in [0.1, 0.15) is 5.56 Å². The zero-order chi connectivity index (χ0) is 13.5. The van der Waals surface area contributed by atoms with Gasteiger partial charge in [-0.15, -0.1) is 11.8 Å². The molecule has 2 rings (SSSR count). The van der Waals surface area contributed by atoms with Crippen LogP contribution in [0.5, 0.6) is 5.75 Å². The maximum Gasteiger partial charge on any atom is 0.165 e. The minimum Gasteiger partial charge on any atom is -0.505 e. The second-order valence-electron chi connectivity index (χ2n) is 4.09. The molecule has 0 saturated heterocycles. The summed E-state index contributed by atoms with van der Waals surface area (Å²) >= 11 is 1.76. The summed E-state index contributed by atoms with van der Waals surface area (Å²) in [4.78, 5) is 1.23. The Hall–Kier alpha value is -1.52. The van der Waals surface area contributed by atoms with Gasteiger partial charge >= 0.3 is 0 Å². The highest BCUT2D eigenvalue weighted by Gasteiger charge is 2.05. The monoisotopic (exact) mass is 277 g/mol. The highest BCUT2D eigenvalue weighted by Crippen LogP contribution is 2.20. The van der Waals surface area contributed by atoms with Gasteiger partial charge in [-0.25, -0.2) is 4.39 Å². The fourth-order valence-electron chi connectivity index (χ4n) is 1.68. The predicted molar refractivity (Wildman–Crippen MR) is 76.9 cm³/mol. The first-order valence-electron chi connectivity index (χ1n) is 6.12. The fraction of sp³-hybridized carbons (Fsp3) is 0.200. The van der Waals surface area contributed by atoms with Crippen molar-refractivity contribution in [3.63, 3.8) is 0 Å². The van der Waals surface area contributed by atoms with E-state index in [0.29, 0.717) is 12.1 Å². The number of para-hydroxylation sites is 1. The second-order valence-corrected chi connectivity index (χ2v) is 5.25. The number of benzene rings is 2. The van der Waals surface area contributed by atoms with Crippen LogP contribution in [-0.4, -0.2) is 17.4 Å². The van der Waals surface area contributed by atoms with Crippen LogP contribution in [0.4, 0.5) is 4.39 Å². The van der Waals surface area contributed by atoms with E-state index in [9.17, 15) is 9.50 Å². The van der Waals surface area contributed by atoms with Gasteiger partial charge in [0, 0.05) is 29.3 Å². The van der Waals surface area contributed by atoms with Crippen molar-refractivity contribution in [1.29, 1.82) is 0 Å². The smallest absolute Gasteiger partial charge is 0.165 e. The predicted octanol–water partition coefficient (Wildman–Crippen LogP) is 3.41. The summed E-state index contributed by atoms with van der Waals surface area (Å²) in [6.07, 6.45) is 0. The Morgan fingerprint density at radius 1 is 1.05 bits per heavy atom. The van der Waals surface area contributed by atoms with E-state index in [1.807, 2.05) is 18.2 Å². The van der Waals surface area contributed by atoms with E-state index in [1.165, 1.54) is 11.0 Å². The number of aromatic hydroxyl groups is 1. The Balaban J connectivity index is 1.71. The molecule has 2 nitrogen and oxygen atoms in total. The van der Waals surface area contributed by atoms with E-state index in [4.69, 9.17) is 0 Å². The molecule has 0 aromatic heterocycles. The number of nitrogens with one attached hydrogen (secondary N) is 1. The van der Waals surface area contributed by atoms with Crippen molar-refractivity contribution in [3.8, 4) is 5.75 Å². The van der Waals surface area contributed by atoms with Crippen LogP contribution >= 0.6 is 11.8 Å². The molecule has 0 aliphatic rings. The standard InChI is InChI=1S/C15H16FNOS/c16-14-8-4-5-12(15(14)18)11-17-9-10-19-13-6-2-1-3-7-13/h1-8,17-18H,9-11H2. The lowest BCUT2D eigenvalue weighted by Crippen LogP contribution is -2.16. The number of thioether (sulfide) groups is 1. The molecule has 0 fully saturated rings. The van der Waals surface area contributed by atoms with Crippen molar-refractivity contribution >= 4 is 11.8 Å². The number of hydrogen-bond donors (Lipinski definition) is 2. The van der Waals surface area contributed by atoms with Crippen molar-refractivity contribution < 1.29 is 9.50 Å². The van der Waals surface area contributed by atoms with Crippen molar-refractivity contribution in [3.05, 3.63) is 59.9 Å². The third kappa shape index (κ3) is 4.26. The number of halogens is 1. The van der Waals surface area contributed by atoms with Gasteiger partial charge in [-0.3, -0.25) is 0 Å². The van der Waals surface area contributed by atoms with E-state index in [0.717, 1.165) is 12.3 Å². The van der Waals surface area contributed by atoms with Crippen LogP contribution < -0.4 is 5.32 Å². The van der Waals surface area contributed by atoms with Crippen molar-refractivity contribution in [1.82, 2.24) is 5.32 Å². The molecule has 0 saturated carbocycles. The molecule has 0 heterocycles. The van der Waals surface area contributed by atoms with Crippen LogP contribution in [0, 0.1) is 5.82 Å². The molecule has 0 radical (unpaired) electrons. The van der Waals surface area contributed by atoms with Crippen LogP contribution in [-0.2, 0) is 6.54 Å². The maximum absolute atomic E-state index is 13.1. The van der Waals surface area contributed by atoms with Gasteiger partial charge in [0.1, 0.15) is 0 Å². The Labute approximate surface area is 116 Å². The number of phenolic OH excluding ortho intramolecular Hbond substituents is 1. The SMILES string of the molecule is Oc1c(F)cccc1CNCCSc1ccccc1. The Bertz CT molecular complexity index is 519. The molecule has 0 unspecified atom stereocenters. The van der Waals surface area contributed by atoms with Gasteiger partial charge in [0.2, 0.25) is 0 Å². The lowest BCUT2D eigenvalue weighted by Gasteiger charge is -2.07. The minimum absolute atomic E-state index is 0.259. The van der Waals surface area contributed by atoms with Crippen LogP contribution in [0.25, 0.3) is 0 Å². The summed E-state index contributed by atoms with van der Waals surface area (Å²) in [5, 5.41) is 12.7. The quantitative estimate of drug-likeness (QED) is 0.627. The highest BCUT2D eigenvalue weighted by atomic mass is 32.2. The average Bonchev–Trinajstić information content (AvgIpc) is 2.44. The van der Waals surface area contributed by atoms with Gasteiger partial charge in [0.25, 0.3) is 0 Å². The van der Waals surface area contributed by atoms with E-state index in [2.05, 4.69) is 17.4 Å². The van der Waals surface area contributed by atoms with E-state index in [-0.39, 0.29) is 5.75 Å². The van der Waals surface area contributed by atoms with Crippen LogP contribution in [0.3, 0.4) is 0 Å². The average molecular weight is 277 g/mol. The number of rotatable bonds is 6. The molecule has 100 valence electrons. The summed E-state index contributed by atoms with van der Waals surface area (Å²) in [6.45, 7) is 1.27. The zero-order valence-corrected chi connectivity index (χ0v) is 11.3. The lowest BCUT2D eigenvalue weighted by molar-refractivity contribution is 0.423. The summed E-state index contributed by atoms with van der Waals surface area (Å²) in [5.41, 5.74) is 0.588. The Morgan fingerprint density at radius 3 is 2.63 bits per heavy atom. The van der Waals surface area contributed by atoms with Crippen LogP contribution in [0.2, 0.25) is 0 Å². The molecule has 2 N–H and O–H groups in total. The molecule has 0 aliphatic heterocycles. The first-order valence-corrected chi connectivity index (χ1v) is 7.11. The molecule has 0 atom stereocenters. The van der Waals surface area contributed by atoms with Gasteiger partial charge < -0.3 is 10.4 Å². The molecule has 2 aromatic carbocycles. The largest absolute Gasteiger partial charge is 0.505 e. The highest BCUT2D eigenvalue weighted by molar-refractivity contribution is 7.99. The van der Waals surface area contributed by atoms with Gasteiger partial charge in [-0.1, -0.05) is 30.3 Å². The summed E-state index contributed by atoms with van der Waals surface area (Å²) < 4.78 is 13.1. The Morgan fingerprint density at radius 2 is 1.84 bits per heavy atom. The molecule has 0 bridgehead atoms. The maximum atomic E-state index is 13.1. The second kappa shape index (κ2) is 7.16. The number of phenols is 1. The summed E-state index contributed by atoms with van der Waals surface area (Å²) in [6, 6.07) is 14.7.